The Balaban J connectivity index is 2.13. The first-order chi connectivity index (χ1) is 6.74. The highest BCUT2D eigenvalue weighted by Gasteiger charge is 2.00. The van der Waals surface area contributed by atoms with E-state index < -0.39 is 0 Å². The number of nitrogens with one attached hydrogen (secondary N) is 1. The van der Waals surface area contributed by atoms with Crippen molar-refractivity contribution < 1.29 is 0 Å². The first-order valence-electron chi connectivity index (χ1n) is 4.85. The summed E-state index contributed by atoms with van der Waals surface area (Å²) < 4.78 is 0. The van der Waals surface area contributed by atoms with E-state index in [0.29, 0.717) is 0 Å². The van der Waals surface area contributed by atoms with E-state index in [4.69, 9.17) is 11.6 Å². The molecule has 0 aliphatic carbocycles. The Labute approximate surface area is 94.9 Å². The van der Waals surface area contributed by atoms with E-state index in [9.17, 15) is 0 Å². The van der Waals surface area contributed by atoms with E-state index in [0.717, 1.165) is 31.2 Å². The van der Waals surface area contributed by atoms with Gasteiger partial charge in [0.05, 0.1) is 5.02 Å². The van der Waals surface area contributed by atoms with Crippen LogP contribution in [-0.4, -0.2) is 31.6 Å². The number of hydrogen-bond donors (Lipinski definition) is 1. The van der Waals surface area contributed by atoms with Crippen LogP contribution in [0.5, 0.6) is 0 Å². The zero-order valence-corrected chi connectivity index (χ0v) is 10.3. The van der Waals surface area contributed by atoms with Crippen LogP contribution in [0.15, 0.2) is 11.4 Å². The van der Waals surface area contributed by atoms with Gasteiger partial charge in [-0.2, -0.15) is 0 Å². The normalized spacial score (nSPS) is 11.1. The highest BCUT2D eigenvalue weighted by molar-refractivity contribution is 7.10. The Morgan fingerprint density at radius 2 is 2.36 bits per heavy atom. The fourth-order valence-electron chi connectivity index (χ4n) is 1.08. The molecule has 0 saturated heterocycles. The van der Waals surface area contributed by atoms with Crippen molar-refractivity contribution in [3.05, 3.63) is 21.3 Å². The van der Waals surface area contributed by atoms with Crippen molar-refractivity contribution >= 4 is 22.9 Å². The summed E-state index contributed by atoms with van der Waals surface area (Å²) in [6.07, 6.45) is 0. The fourth-order valence-corrected chi connectivity index (χ4v) is 2.15. The molecule has 14 heavy (non-hydrogen) atoms. The number of halogens is 1. The van der Waals surface area contributed by atoms with Crippen molar-refractivity contribution in [1.29, 1.82) is 0 Å². The lowest BCUT2D eigenvalue weighted by Crippen LogP contribution is -2.28. The highest BCUT2D eigenvalue weighted by Crippen LogP contribution is 2.21. The molecule has 0 spiro atoms. The maximum Gasteiger partial charge on any atom is 0.0558 e. The van der Waals surface area contributed by atoms with Gasteiger partial charge in [-0.05, 0) is 25.0 Å². The topological polar surface area (TPSA) is 15.3 Å². The van der Waals surface area contributed by atoms with Gasteiger partial charge in [-0.15, -0.1) is 11.3 Å². The minimum absolute atomic E-state index is 0.881. The zero-order valence-electron chi connectivity index (χ0n) is 8.72. The molecule has 1 aromatic rings. The Kier molecular flexibility index (Phi) is 5.48. The average molecular weight is 233 g/mol. The Morgan fingerprint density at radius 1 is 1.57 bits per heavy atom. The molecule has 0 aromatic carbocycles. The monoisotopic (exact) mass is 232 g/mol. The molecule has 1 aromatic heterocycles. The third kappa shape index (κ3) is 3.96. The van der Waals surface area contributed by atoms with Gasteiger partial charge in [-0.1, -0.05) is 18.5 Å². The summed E-state index contributed by atoms with van der Waals surface area (Å²) >= 11 is 7.67. The fraction of sp³-hybridized carbons (Fsp3) is 0.600. The van der Waals surface area contributed by atoms with Gasteiger partial charge >= 0.3 is 0 Å². The summed E-state index contributed by atoms with van der Waals surface area (Å²) in [6.45, 7) is 6.24. The lowest BCUT2D eigenvalue weighted by Gasteiger charge is -2.13. The number of rotatable bonds is 6. The standard InChI is InChI=1S/C10H17ClN2S/c1-3-13(2)6-5-12-8-10-9(11)4-7-14-10/h4,7,12H,3,5-6,8H2,1-2H3. The van der Waals surface area contributed by atoms with E-state index in [1.54, 1.807) is 11.3 Å². The molecule has 0 unspecified atom stereocenters. The highest BCUT2D eigenvalue weighted by atomic mass is 35.5. The second kappa shape index (κ2) is 6.40. The molecule has 0 amide bonds. The lowest BCUT2D eigenvalue weighted by molar-refractivity contribution is 0.349. The minimum Gasteiger partial charge on any atom is -0.311 e. The van der Waals surface area contributed by atoms with Crippen LogP contribution in [0.25, 0.3) is 0 Å². The quantitative estimate of drug-likeness (QED) is 0.758. The summed E-state index contributed by atoms with van der Waals surface area (Å²) in [4.78, 5) is 3.51. The summed E-state index contributed by atoms with van der Waals surface area (Å²) in [7, 11) is 2.12. The van der Waals surface area contributed by atoms with Crippen molar-refractivity contribution in [1.82, 2.24) is 10.2 Å². The Bertz CT molecular complexity index is 262. The van der Waals surface area contributed by atoms with Gasteiger partial charge in [0.1, 0.15) is 0 Å². The zero-order chi connectivity index (χ0) is 10.4. The van der Waals surface area contributed by atoms with Gasteiger partial charge in [0.2, 0.25) is 0 Å². The largest absolute Gasteiger partial charge is 0.311 e. The van der Waals surface area contributed by atoms with E-state index in [1.165, 1.54) is 4.88 Å². The van der Waals surface area contributed by atoms with Crippen molar-refractivity contribution in [2.45, 2.75) is 13.5 Å². The van der Waals surface area contributed by atoms with Crippen molar-refractivity contribution in [3.63, 3.8) is 0 Å². The second-order valence-electron chi connectivity index (χ2n) is 3.26. The van der Waals surface area contributed by atoms with Crippen LogP contribution in [0, 0.1) is 0 Å². The predicted molar refractivity (Wildman–Crippen MR) is 64.2 cm³/mol. The minimum atomic E-state index is 0.881. The SMILES string of the molecule is CCN(C)CCNCc1sccc1Cl. The van der Waals surface area contributed by atoms with E-state index in [2.05, 4.69) is 24.2 Å². The molecule has 0 fully saturated rings. The van der Waals surface area contributed by atoms with Gasteiger partial charge in [0.15, 0.2) is 0 Å². The molecule has 1 heterocycles. The molecular formula is C10H17ClN2S. The van der Waals surface area contributed by atoms with Crippen molar-refractivity contribution in [3.8, 4) is 0 Å². The molecule has 1 rings (SSSR count). The Hall–Kier alpha value is -0.0900. The molecular weight excluding hydrogens is 216 g/mol. The molecule has 4 heteroatoms. The summed E-state index contributed by atoms with van der Waals surface area (Å²) in [5.74, 6) is 0. The van der Waals surface area contributed by atoms with Gasteiger partial charge in [0, 0.05) is 24.5 Å². The molecule has 0 saturated carbocycles. The van der Waals surface area contributed by atoms with Crippen LogP contribution in [-0.2, 0) is 6.54 Å². The van der Waals surface area contributed by atoms with Gasteiger partial charge in [-0.3, -0.25) is 0 Å². The van der Waals surface area contributed by atoms with Crippen molar-refractivity contribution in [2.24, 2.45) is 0 Å². The molecule has 80 valence electrons. The molecule has 0 aliphatic rings. The molecule has 0 radical (unpaired) electrons. The summed E-state index contributed by atoms with van der Waals surface area (Å²) in [5.41, 5.74) is 0. The lowest BCUT2D eigenvalue weighted by atomic mass is 10.4. The molecule has 0 aliphatic heterocycles. The first-order valence-corrected chi connectivity index (χ1v) is 6.11. The Morgan fingerprint density at radius 3 is 2.93 bits per heavy atom. The predicted octanol–water partition coefficient (Wildman–Crippen LogP) is 2.44. The van der Waals surface area contributed by atoms with E-state index in [1.807, 2.05) is 11.4 Å². The van der Waals surface area contributed by atoms with Crippen LogP contribution in [0.3, 0.4) is 0 Å². The molecule has 0 atom stereocenters. The number of likely N-dealkylation sites (N-methyl/N-ethyl adjacent to an activating group) is 1. The smallest absolute Gasteiger partial charge is 0.0558 e. The average Bonchev–Trinajstić information content (AvgIpc) is 2.58. The molecule has 0 bridgehead atoms. The van der Waals surface area contributed by atoms with E-state index in [-0.39, 0.29) is 0 Å². The van der Waals surface area contributed by atoms with Gasteiger partial charge < -0.3 is 10.2 Å². The maximum atomic E-state index is 5.97. The van der Waals surface area contributed by atoms with Crippen LogP contribution >= 0.6 is 22.9 Å². The van der Waals surface area contributed by atoms with Crippen LogP contribution < -0.4 is 5.32 Å². The summed E-state index contributed by atoms with van der Waals surface area (Å²) in [6, 6.07) is 1.95. The van der Waals surface area contributed by atoms with Gasteiger partial charge in [-0.25, -0.2) is 0 Å². The van der Waals surface area contributed by atoms with Gasteiger partial charge in [0.25, 0.3) is 0 Å². The first kappa shape index (κ1) is 12.0. The van der Waals surface area contributed by atoms with Crippen LogP contribution in [0.2, 0.25) is 5.02 Å². The molecule has 2 nitrogen and oxygen atoms in total. The maximum absolute atomic E-state index is 5.97. The number of thiophene rings is 1. The van der Waals surface area contributed by atoms with Crippen LogP contribution in [0.4, 0.5) is 0 Å². The number of nitrogens with zero attached hydrogens (tertiary/aromatic N) is 1. The molecule has 1 N–H and O–H groups in total. The third-order valence-corrected chi connectivity index (χ3v) is 3.57. The van der Waals surface area contributed by atoms with E-state index >= 15 is 0 Å². The third-order valence-electron chi connectivity index (χ3n) is 2.19. The second-order valence-corrected chi connectivity index (χ2v) is 4.67. The number of hydrogen-bond acceptors (Lipinski definition) is 3. The summed E-state index contributed by atoms with van der Waals surface area (Å²) in [5, 5.41) is 6.28. The van der Waals surface area contributed by atoms with Crippen LogP contribution in [0.1, 0.15) is 11.8 Å². The van der Waals surface area contributed by atoms with Crippen molar-refractivity contribution in [2.75, 3.05) is 26.7 Å².